The first-order valence-corrected chi connectivity index (χ1v) is 7.07. The number of carbonyl (C=O) groups excluding carboxylic acids is 1. The van der Waals surface area contributed by atoms with Crippen LogP contribution in [0.3, 0.4) is 0 Å². The van der Waals surface area contributed by atoms with Crippen LogP contribution in [0.1, 0.15) is 24.8 Å². The van der Waals surface area contributed by atoms with E-state index in [2.05, 4.69) is 28.6 Å². The van der Waals surface area contributed by atoms with Crippen LogP contribution in [-0.2, 0) is 16.1 Å². The number of hydrogen-bond donors (Lipinski definition) is 1. The molecule has 1 fully saturated rings. The summed E-state index contributed by atoms with van der Waals surface area (Å²) < 4.78 is 6.28. The van der Waals surface area contributed by atoms with Crippen molar-refractivity contribution in [1.29, 1.82) is 0 Å². The lowest BCUT2D eigenvalue weighted by molar-refractivity contribution is -0.146. The van der Waals surface area contributed by atoms with Crippen molar-refractivity contribution in [1.82, 2.24) is 0 Å². The van der Waals surface area contributed by atoms with Crippen LogP contribution in [0.2, 0.25) is 0 Å². The summed E-state index contributed by atoms with van der Waals surface area (Å²) in [6.45, 7) is 0.356. The predicted octanol–water partition coefficient (Wildman–Crippen LogP) is 3.59. The van der Waals surface area contributed by atoms with E-state index in [0.717, 1.165) is 28.6 Å². The van der Waals surface area contributed by atoms with Gasteiger partial charge in [0, 0.05) is 4.47 Å². The monoisotopic (exact) mass is 314 g/mol. The lowest BCUT2D eigenvalue weighted by atomic mass is 10.1. The number of carbonyl (C=O) groups is 1. The van der Waals surface area contributed by atoms with Crippen molar-refractivity contribution in [2.75, 3.05) is 5.75 Å². The van der Waals surface area contributed by atoms with Gasteiger partial charge in [-0.15, -0.1) is 0 Å². The third-order valence-corrected chi connectivity index (χ3v) is 4.32. The highest BCUT2D eigenvalue weighted by Crippen LogP contribution is 2.49. The lowest BCUT2D eigenvalue weighted by Crippen LogP contribution is -2.13. The number of thiol groups is 1. The van der Waals surface area contributed by atoms with Gasteiger partial charge in [0.25, 0.3) is 0 Å². The molecule has 1 saturated carbocycles. The van der Waals surface area contributed by atoms with E-state index in [0.29, 0.717) is 13.0 Å². The highest BCUT2D eigenvalue weighted by atomic mass is 79.9. The van der Waals surface area contributed by atoms with E-state index < -0.39 is 0 Å². The molecule has 0 radical (unpaired) electrons. The molecule has 17 heavy (non-hydrogen) atoms. The maximum atomic E-state index is 11.6. The van der Waals surface area contributed by atoms with Crippen LogP contribution in [0.25, 0.3) is 0 Å². The normalized spacial score (nSPS) is 16.6. The largest absolute Gasteiger partial charge is 0.461 e. The number of esters is 1. The molecular weight excluding hydrogens is 300 g/mol. The third kappa shape index (κ3) is 3.75. The van der Waals surface area contributed by atoms with Gasteiger partial charge in [-0.3, -0.25) is 4.79 Å². The number of ether oxygens (including phenoxy) is 1. The van der Waals surface area contributed by atoms with Crippen LogP contribution in [0.15, 0.2) is 28.7 Å². The third-order valence-electron chi connectivity index (χ3n) is 3.12. The van der Waals surface area contributed by atoms with Crippen LogP contribution >= 0.6 is 28.6 Å². The quantitative estimate of drug-likeness (QED) is 0.664. The van der Waals surface area contributed by atoms with Crippen molar-refractivity contribution in [2.45, 2.75) is 25.9 Å². The summed E-state index contributed by atoms with van der Waals surface area (Å²) in [5.74, 6) is 0.667. The molecule has 1 aliphatic rings. The zero-order valence-electron chi connectivity index (χ0n) is 9.49. The van der Waals surface area contributed by atoms with Gasteiger partial charge < -0.3 is 4.74 Å². The summed E-state index contributed by atoms with van der Waals surface area (Å²) >= 11 is 7.64. The van der Waals surface area contributed by atoms with Crippen molar-refractivity contribution in [3.05, 3.63) is 34.3 Å². The molecule has 2 nitrogen and oxygen atoms in total. The highest BCUT2D eigenvalue weighted by molar-refractivity contribution is 9.10. The molecular formula is C13H15BrO2S. The Labute approximate surface area is 115 Å². The van der Waals surface area contributed by atoms with Gasteiger partial charge in [0.05, 0.1) is 6.42 Å². The van der Waals surface area contributed by atoms with Crippen LogP contribution in [-0.4, -0.2) is 11.7 Å². The first kappa shape index (κ1) is 13.0. The molecule has 0 heterocycles. The highest BCUT2D eigenvalue weighted by Gasteiger charge is 2.43. The molecule has 0 bridgehead atoms. The van der Waals surface area contributed by atoms with Gasteiger partial charge in [0.15, 0.2) is 0 Å². The Kier molecular flexibility index (Phi) is 4.15. The average Bonchev–Trinajstić information content (AvgIpc) is 3.09. The molecule has 0 N–H and O–H groups in total. The Morgan fingerprint density at radius 2 is 2.00 bits per heavy atom. The first-order chi connectivity index (χ1) is 8.13. The van der Waals surface area contributed by atoms with E-state index >= 15 is 0 Å². The maximum Gasteiger partial charge on any atom is 0.306 e. The smallest absolute Gasteiger partial charge is 0.306 e. The Bertz CT molecular complexity index is 398. The number of benzene rings is 1. The zero-order chi connectivity index (χ0) is 12.3. The fraction of sp³-hybridized carbons (Fsp3) is 0.462. The molecule has 4 heteroatoms. The molecule has 1 aromatic rings. The summed E-state index contributed by atoms with van der Waals surface area (Å²) in [5, 5.41) is 0. The van der Waals surface area contributed by atoms with Crippen molar-refractivity contribution in [2.24, 2.45) is 5.41 Å². The summed E-state index contributed by atoms with van der Waals surface area (Å²) in [4.78, 5) is 11.6. The van der Waals surface area contributed by atoms with Crippen LogP contribution in [0.5, 0.6) is 0 Å². The van der Waals surface area contributed by atoms with Crippen LogP contribution in [0.4, 0.5) is 0 Å². The van der Waals surface area contributed by atoms with Gasteiger partial charge in [-0.2, -0.15) is 12.6 Å². The first-order valence-electron chi connectivity index (χ1n) is 5.64. The standard InChI is InChI=1S/C13H15BrO2S/c14-11-3-1-10(2-4-11)8-16-12(15)7-13(9-17)5-6-13/h1-4,17H,5-9H2. The van der Waals surface area contributed by atoms with Crippen molar-refractivity contribution in [3.63, 3.8) is 0 Å². The molecule has 0 saturated heterocycles. The van der Waals surface area contributed by atoms with E-state index in [9.17, 15) is 4.79 Å². The Morgan fingerprint density at radius 1 is 1.35 bits per heavy atom. The molecule has 0 amide bonds. The maximum absolute atomic E-state index is 11.6. The molecule has 0 unspecified atom stereocenters. The Balaban J connectivity index is 1.78. The fourth-order valence-corrected chi connectivity index (χ4v) is 2.36. The average molecular weight is 315 g/mol. The second-order valence-corrected chi connectivity index (χ2v) is 5.85. The van der Waals surface area contributed by atoms with Crippen molar-refractivity contribution < 1.29 is 9.53 Å². The van der Waals surface area contributed by atoms with Crippen LogP contribution in [0, 0.1) is 5.41 Å². The Morgan fingerprint density at radius 3 is 2.53 bits per heavy atom. The molecule has 1 aliphatic carbocycles. The summed E-state index contributed by atoms with van der Waals surface area (Å²) in [5.41, 5.74) is 1.15. The van der Waals surface area contributed by atoms with Gasteiger partial charge >= 0.3 is 5.97 Å². The van der Waals surface area contributed by atoms with Crippen molar-refractivity contribution >= 4 is 34.5 Å². The minimum Gasteiger partial charge on any atom is -0.461 e. The zero-order valence-corrected chi connectivity index (χ0v) is 12.0. The van der Waals surface area contributed by atoms with Gasteiger partial charge in [-0.05, 0) is 41.7 Å². The second-order valence-electron chi connectivity index (χ2n) is 4.62. The SMILES string of the molecule is O=C(CC1(CS)CC1)OCc1ccc(Br)cc1. The molecule has 0 spiro atoms. The Hall–Kier alpha value is -0.480. The number of halogens is 1. The summed E-state index contributed by atoms with van der Waals surface area (Å²) in [6.07, 6.45) is 2.71. The van der Waals surface area contributed by atoms with Gasteiger partial charge in [-0.25, -0.2) is 0 Å². The van der Waals surface area contributed by atoms with Crippen LogP contribution < -0.4 is 0 Å². The second kappa shape index (κ2) is 5.44. The predicted molar refractivity (Wildman–Crippen MR) is 74.1 cm³/mol. The molecule has 1 aromatic carbocycles. The lowest BCUT2D eigenvalue weighted by Gasteiger charge is -2.11. The minimum atomic E-state index is -0.112. The summed E-state index contributed by atoms with van der Waals surface area (Å²) in [6, 6.07) is 7.78. The van der Waals surface area contributed by atoms with Gasteiger partial charge in [0.2, 0.25) is 0 Å². The molecule has 92 valence electrons. The van der Waals surface area contributed by atoms with Gasteiger partial charge in [0.1, 0.15) is 6.61 Å². The number of rotatable bonds is 5. The van der Waals surface area contributed by atoms with E-state index in [1.54, 1.807) is 0 Å². The molecule has 2 rings (SSSR count). The topological polar surface area (TPSA) is 26.3 Å². The van der Waals surface area contributed by atoms with Gasteiger partial charge in [-0.1, -0.05) is 28.1 Å². The fourth-order valence-electron chi connectivity index (χ4n) is 1.67. The van der Waals surface area contributed by atoms with E-state index in [4.69, 9.17) is 4.74 Å². The van der Waals surface area contributed by atoms with E-state index in [-0.39, 0.29) is 11.4 Å². The van der Waals surface area contributed by atoms with E-state index in [1.807, 2.05) is 24.3 Å². The van der Waals surface area contributed by atoms with E-state index in [1.165, 1.54) is 0 Å². The molecule has 0 atom stereocenters. The molecule has 0 aliphatic heterocycles. The van der Waals surface area contributed by atoms with Crippen molar-refractivity contribution in [3.8, 4) is 0 Å². The number of hydrogen-bond acceptors (Lipinski definition) is 3. The molecule has 0 aromatic heterocycles. The minimum absolute atomic E-state index is 0.112. The summed E-state index contributed by atoms with van der Waals surface area (Å²) in [7, 11) is 0.